The Hall–Kier alpha value is 0.110. The minimum Gasteiger partial charge on any atom is -0.324 e. The summed E-state index contributed by atoms with van der Waals surface area (Å²) in [6.07, 6.45) is 3.04. The molecule has 5 heteroatoms. The monoisotopic (exact) mass is 235 g/mol. The summed E-state index contributed by atoms with van der Waals surface area (Å²) in [5, 5.41) is 3.21. The maximum absolute atomic E-state index is 12.0. The van der Waals surface area contributed by atoms with E-state index in [1.54, 1.807) is 0 Å². The minimum absolute atomic E-state index is 0.0392. The van der Waals surface area contributed by atoms with E-state index in [0.29, 0.717) is 12.8 Å². The van der Waals surface area contributed by atoms with Gasteiger partial charge < -0.3 is 14.7 Å². The molecule has 0 aromatic rings. The van der Waals surface area contributed by atoms with E-state index in [1.807, 2.05) is 13.8 Å². The maximum atomic E-state index is 12.0. The third kappa shape index (κ3) is 3.87. The smallest absolute Gasteiger partial charge is 0.324 e. The molecule has 0 spiro atoms. The van der Waals surface area contributed by atoms with Gasteiger partial charge in [0.05, 0.1) is 11.8 Å². The molecule has 15 heavy (non-hydrogen) atoms. The van der Waals surface area contributed by atoms with Gasteiger partial charge in [-0.15, -0.1) is 0 Å². The maximum Gasteiger partial charge on any atom is 0.331 e. The second-order valence-electron chi connectivity index (χ2n) is 4.09. The van der Waals surface area contributed by atoms with Crippen LogP contribution in [0, 0.1) is 0 Å². The van der Waals surface area contributed by atoms with Crippen LogP contribution in [0.4, 0.5) is 0 Å². The van der Waals surface area contributed by atoms with Crippen LogP contribution in [0.25, 0.3) is 0 Å². The summed E-state index contributed by atoms with van der Waals surface area (Å²) in [5.74, 6) is 0. The first-order valence-electron chi connectivity index (χ1n) is 5.81. The summed E-state index contributed by atoms with van der Waals surface area (Å²) < 4.78 is 17.4. The molecule has 1 saturated heterocycles. The SMILES string of the molecule is CCC(CC)P(=O)(O)OC1CCNCC1. The Labute approximate surface area is 91.9 Å². The fourth-order valence-corrected chi connectivity index (χ4v) is 3.68. The zero-order valence-electron chi connectivity index (χ0n) is 9.61. The van der Waals surface area contributed by atoms with Crippen LogP contribution in [0.1, 0.15) is 39.5 Å². The first kappa shape index (κ1) is 13.2. The zero-order valence-corrected chi connectivity index (χ0v) is 10.5. The van der Waals surface area contributed by atoms with Crippen LogP contribution < -0.4 is 5.32 Å². The number of rotatable bonds is 5. The molecule has 0 aromatic carbocycles. The van der Waals surface area contributed by atoms with E-state index in [1.165, 1.54) is 0 Å². The molecule has 0 saturated carbocycles. The second kappa shape index (κ2) is 6.00. The molecular weight excluding hydrogens is 213 g/mol. The van der Waals surface area contributed by atoms with Gasteiger partial charge in [0.15, 0.2) is 0 Å². The van der Waals surface area contributed by atoms with E-state index in [-0.39, 0.29) is 11.8 Å². The standard InChI is InChI=1S/C10H22NO3P/c1-3-10(4-2)15(12,13)14-9-5-7-11-8-6-9/h9-11H,3-8H2,1-2H3,(H,12,13). The van der Waals surface area contributed by atoms with Gasteiger partial charge in [0.2, 0.25) is 0 Å². The van der Waals surface area contributed by atoms with Gasteiger partial charge in [-0.25, -0.2) is 0 Å². The molecule has 90 valence electrons. The molecule has 1 aliphatic heterocycles. The Bertz CT molecular complexity index is 225. The second-order valence-corrected chi connectivity index (χ2v) is 6.16. The fourth-order valence-electron chi connectivity index (χ4n) is 1.95. The van der Waals surface area contributed by atoms with Gasteiger partial charge in [-0.05, 0) is 38.8 Å². The van der Waals surface area contributed by atoms with Gasteiger partial charge in [0.25, 0.3) is 0 Å². The predicted octanol–water partition coefficient (Wildman–Crippen LogP) is 2.13. The normalized spacial score (nSPS) is 22.9. The van der Waals surface area contributed by atoms with Crippen molar-refractivity contribution >= 4 is 7.60 Å². The Morgan fingerprint density at radius 2 is 1.93 bits per heavy atom. The third-order valence-corrected chi connectivity index (χ3v) is 5.24. The predicted molar refractivity (Wildman–Crippen MR) is 61.2 cm³/mol. The topological polar surface area (TPSA) is 58.6 Å². The Morgan fingerprint density at radius 3 is 2.40 bits per heavy atom. The minimum atomic E-state index is -3.40. The number of hydrogen-bond acceptors (Lipinski definition) is 3. The summed E-state index contributed by atoms with van der Waals surface area (Å²) in [4.78, 5) is 9.84. The first-order valence-corrected chi connectivity index (χ1v) is 7.46. The van der Waals surface area contributed by atoms with Gasteiger partial charge >= 0.3 is 7.60 Å². The molecule has 0 bridgehead atoms. The van der Waals surface area contributed by atoms with Crippen molar-refractivity contribution < 1.29 is 14.0 Å². The summed E-state index contributed by atoms with van der Waals surface area (Å²) in [7, 11) is -3.40. The number of hydrogen-bond donors (Lipinski definition) is 2. The van der Waals surface area contributed by atoms with E-state index in [9.17, 15) is 9.46 Å². The highest BCUT2D eigenvalue weighted by Gasteiger charge is 2.32. The molecule has 1 rings (SSSR count). The van der Waals surface area contributed by atoms with Gasteiger partial charge in [-0.3, -0.25) is 4.57 Å². The van der Waals surface area contributed by atoms with E-state index in [2.05, 4.69) is 5.32 Å². The molecule has 0 aliphatic carbocycles. The molecule has 0 radical (unpaired) electrons. The van der Waals surface area contributed by atoms with Gasteiger partial charge in [0.1, 0.15) is 0 Å². The largest absolute Gasteiger partial charge is 0.331 e. The van der Waals surface area contributed by atoms with E-state index in [4.69, 9.17) is 4.52 Å². The molecule has 1 atom stereocenters. The molecule has 0 aromatic heterocycles. The van der Waals surface area contributed by atoms with Crippen molar-refractivity contribution in [1.82, 2.24) is 5.32 Å². The molecule has 1 unspecified atom stereocenters. The van der Waals surface area contributed by atoms with Crippen molar-refractivity contribution in [2.24, 2.45) is 0 Å². The number of piperidine rings is 1. The van der Waals surface area contributed by atoms with Crippen LogP contribution in [0.5, 0.6) is 0 Å². The molecule has 1 aliphatic rings. The Balaban J connectivity index is 2.49. The van der Waals surface area contributed by atoms with Crippen molar-refractivity contribution in [3.63, 3.8) is 0 Å². The van der Waals surface area contributed by atoms with Crippen molar-refractivity contribution in [2.45, 2.75) is 51.3 Å². The highest BCUT2D eigenvalue weighted by Crippen LogP contribution is 2.51. The highest BCUT2D eigenvalue weighted by atomic mass is 31.2. The van der Waals surface area contributed by atoms with Gasteiger partial charge in [-0.1, -0.05) is 13.8 Å². The lowest BCUT2D eigenvalue weighted by atomic mass is 10.1. The number of nitrogens with one attached hydrogen (secondary N) is 1. The molecule has 0 amide bonds. The van der Waals surface area contributed by atoms with E-state index in [0.717, 1.165) is 25.9 Å². The summed E-state index contributed by atoms with van der Waals surface area (Å²) in [6.45, 7) is 5.63. The van der Waals surface area contributed by atoms with E-state index < -0.39 is 7.60 Å². The third-order valence-electron chi connectivity index (χ3n) is 2.99. The zero-order chi connectivity index (χ0) is 11.3. The lowest BCUT2D eigenvalue weighted by molar-refractivity contribution is 0.137. The van der Waals surface area contributed by atoms with Crippen LogP contribution in [0.3, 0.4) is 0 Å². The Kier molecular flexibility index (Phi) is 5.27. The fraction of sp³-hybridized carbons (Fsp3) is 1.00. The van der Waals surface area contributed by atoms with Crippen LogP contribution in [0.2, 0.25) is 0 Å². The molecule has 1 fully saturated rings. The van der Waals surface area contributed by atoms with Crippen LogP contribution in [-0.4, -0.2) is 29.7 Å². The quantitative estimate of drug-likeness (QED) is 0.717. The lowest BCUT2D eigenvalue weighted by Gasteiger charge is -2.28. The van der Waals surface area contributed by atoms with Crippen LogP contribution in [-0.2, 0) is 9.09 Å². The lowest BCUT2D eigenvalue weighted by Crippen LogP contribution is -2.32. The van der Waals surface area contributed by atoms with Gasteiger partial charge in [0, 0.05) is 0 Å². The molecule has 1 heterocycles. The van der Waals surface area contributed by atoms with Crippen molar-refractivity contribution in [3.05, 3.63) is 0 Å². The summed E-state index contributed by atoms with van der Waals surface area (Å²) >= 11 is 0. The van der Waals surface area contributed by atoms with E-state index >= 15 is 0 Å². The Morgan fingerprint density at radius 1 is 1.40 bits per heavy atom. The van der Waals surface area contributed by atoms with Crippen LogP contribution in [0.15, 0.2) is 0 Å². The van der Waals surface area contributed by atoms with Gasteiger partial charge in [-0.2, -0.15) is 0 Å². The van der Waals surface area contributed by atoms with Crippen molar-refractivity contribution in [2.75, 3.05) is 13.1 Å². The first-order chi connectivity index (χ1) is 7.10. The highest BCUT2D eigenvalue weighted by molar-refractivity contribution is 7.53. The molecule has 4 nitrogen and oxygen atoms in total. The van der Waals surface area contributed by atoms with Crippen molar-refractivity contribution in [1.29, 1.82) is 0 Å². The molecular formula is C10H22NO3P. The molecule has 2 N–H and O–H groups in total. The average molecular weight is 235 g/mol. The summed E-state index contributed by atoms with van der Waals surface area (Å²) in [5.41, 5.74) is -0.201. The van der Waals surface area contributed by atoms with Crippen LogP contribution >= 0.6 is 7.60 Å². The average Bonchev–Trinajstić information content (AvgIpc) is 2.19. The van der Waals surface area contributed by atoms with Crippen molar-refractivity contribution in [3.8, 4) is 0 Å². The summed E-state index contributed by atoms with van der Waals surface area (Å²) in [6, 6.07) is 0.